The van der Waals surface area contributed by atoms with Gasteiger partial charge < -0.3 is 5.32 Å². The Bertz CT molecular complexity index is 609. The Balaban J connectivity index is 2.18. The molecule has 0 atom stereocenters. The van der Waals surface area contributed by atoms with Crippen LogP contribution in [-0.2, 0) is 6.54 Å². The number of hydrogen-bond donors (Lipinski definition) is 1. The van der Waals surface area contributed by atoms with Gasteiger partial charge in [-0.25, -0.2) is 9.37 Å². The highest BCUT2D eigenvalue weighted by Gasteiger charge is 2.14. The third kappa shape index (κ3) is 3.18. The molecule has 0 aliphatic heterocycles. The molecule has 8 heteroatoms. The summed E-state index contributed by atoms with van der Waals surface area (Å²) in [7, 11) is 0. The number of nitrogens with one attached hydrogen (secondary N) is 1. The summed E-state index contributed by atoms with van der Waals surface area (Å²) in [4.78, 5) is 14.7. The molecule has 0 aliphatic carbocycles. The van der Waals surface area contributed by atoms with Gasteiger partial charge in [-0.15, -0.1) is 11.3 Å². The molecular formula is C11H9ClFN3O2S. The van der Waals surface area contributed by atoms with E-state index >= 15 is 0 Å². The summed E-state index contributed by atoms with van der Waals surface area (Å²) >= 11 is 6.98. The summed E-state index contributed by atoms with van der Waals surface area (Å²) in [5, 5.41) is 13.5. The summed E-state index contributed by atoms with van der Waals surface area (Å²) in [6.45, 7) is 1.97. The lowest BCUT2D eigenvalue weighted by atomic mass is 10.1. The van der Waals surface area contributed by atoms with Gasteiger partial charge >= 0.3 is 0 Å². The van der Waals surface area contributed by atoms with E-state index in [1.165, 1.54) is 17.4 Å². The van der Waals surface area contributed by atoms with E-state index in [0.29, 0.717) is 16.6 Å². The van der Waals surface area contributed by atoms with E-state index in [0.717, 1.165) is 10.9 Å². The van der Waals surface area contributed by atoms with Crippen LogP contribution in [0, 0.1) is 22.9 Å². The van der Waals surface area contributed by atoms with Crippen LogP contribution >= 0.6 is 22.9 Å². The Labute approximate surface area is 117 Å². The van der Waals surface area contributed by atoms with Gasteiger partial charge in [0.25, 0.3) is 5.69 Å². The third-order valence-electron chi connectivity index (χ3n) is 2.45. The monoisotopic (exact) mass is 301 g/mol. The van der Waals surface area contributed by atoms with Gasteiger partial charge in [0.05, 0.1) is 23.2 Å². The van der Waals surface area contributed by atoms with Crippen LogP contribution in [0.1, 0.15) is 10.4 Å². The molecule has 0 saturated heterocycles. The number of aryl methyl sites for hydroxylation is 1. The first-order valence-electron chi connectivity index (χ1n) is 5.26. The minimum atomic E-state index is -0.651. The molecule has 100 valence electrons. The molecule has 0 fully saturated rings. The summed E-state index contributed by atoms with van der Waals surface area (Å²) in [5.41, 5.74) is 0.457. The quantitative estimate of drug-likeness (QED) is 0.689. The van der Waals surface area contributed by atoms with Crippen LogP contribution in [0.2, 0.25) is 4.47 Å². The predicted octanol–water partition coefficient (Wildman–Crippen LogP) is 3.76. The van der Waals surface area contributed by atoms with Crippen LogP contribution in [0.3, 0.4) is 0 Å². The van der Waals surface area contributed by atoms with E-state index in [4.69, 9.17) is 11.6 Å². The van der Waals surface area contributed by atoms with E-state index in [-0.39, 0.29) is 11.4 Å². The number of aromatic nitrogens is 1. The maximum atomic E-state index is 13.8. The lowest BCUT2D eigenvalue weighted by Gasteiger charge is -2.09. The van der Waals surface area contributed by atoms with Crippen LogP contribution in [-0.4, -0.2) is 9.91 Å². The number of hydrogen-bond acceptors (Lipinski definition) is 5. The topological polar surface area (TPSA) is 68.1 Å². The molecule has 1 aromatic heterocycles. The van der Waals surface area contributed by atoms with E-state index in [1.807, 2.05) is 0 Å². The number of nitro benzene ring substituents is 1. The highest BCUT2D eigenvalue weighted by molar-refractivity contribution is 7.15. The van der Waals surface area contributed by atoms with Gasteiger partial charge in [0.2, 0.25) is 0 Å². The molecule has 1 heterocycles. The molecule has 2 aromatic rings. The van der Waals surface area contributed by atoms with Crippen molar-refractivity contribution in [1.82, 2.24) is 4.98 Å². The van der Waals surface area contributed by atoms with E-state index in [1.54, 1.807) is 13.1 Å². The van der Waals surface area contributed by atoms with Crippen LogP contribution in [0.5, 0.6) is 0 Å². The van der Waals surface area contributed by atoms with Crippen molar-refractivity contribution in [2.75, 3.05) is 5.32 Å². The first kappa shape index (κ1) is 13.7. The lowest BCUT2D eigenvalue weighted by Crippen LogP contribution is -2.03. The van der Waals surface area contributed by atoms with E-state index in [9.17, 15) is 14.5 Å². The maximum absolute atomic E-state index is 13.8. The van der Waals surface area contributed by atoms with Crippen molar-refractivity contribution in [2.24, 2.45) is 0 Å². The van der Waals surface area contributed by atoms with Crippen molar-refractivity contribution in [1.29, 1.82) is 0 Å². The van der Waals surface area contributed by atoms with Gasteiger partial charge in [0, 0.05) is 17.1 Å². The summed E-state index contributed by atoms with van der Waals surface area (Å²) in [6, 6.07) is 2.22. The van der Waals surface area contributed by atoms with Gasteiger partial charge in [-0.05, 0) is 12.5 Å². The molecule has 5 nitrogen and oxygen atoms in total. The number of nitrogens with zero attached hydrogens (tertiary/aromatic N) is 2. The standard InChI is InChI=1S/C11H9ClFN3O2S/c1-6-2-7(16(17)18)3-9(13)10(6)14-4-8-5-15-11(12)19-8/h2-3,5,14H,4H2,1H3. The van der Waals surface area contributed by atoms with Crippen molar-refractivity contribution in [2.45, 2.75) is 13.5 Å². The number of non-ortho nitro benzene ring substituents is 1. The van der Waals surface area contributed by atoms with Crippen LogP contribution in [0.25, 0.3) is 0 Å². The molecule has 0 radical (unpaired) electrons. The van der Waals surface area contributed by atoms with Gasteiger partial charge in [-0.2, -0.15) is 0 Å². The minimum Gasteiger partial charge on any atom is -0.377 e. The van der Waals surface area contributed by atoms with Gasteiger partial charge in [0.1, 0.15) is 0 Å². The fourth-order valence-electron chi connectivity index (χ4n) is 1.60. The van der Waals surface area contributed by atoms with Crippen molar-refractivity contribution in [3.05, 3.63) is 49.2 Å². The molecule has 0 unspecified atom stereocenters. The second-order valence-corrected chi connectivity index (χ2v) is 5.51. The molecule has 1 N–H and O–H groups in total. The second-order valence-electron chi connectivity index (χ2n) is 3.81. The van der Waals surface area contributed by atoms with Gasteiger partial charge in [-0.1, -0.05) is 11.6 Å². The minimum absolute atomic E-state index is 0.245. The Hall–Kier alpha value is -1.73. The van der Waals surface area contributed by atoms with Crippen molar-refractivity contribution >= 4 is 34.3 Å². The highest BCUT2D eigenvalue weighted by atomic mass is 35.5. The molecule has 0 aliphatic rings. The Morgan fingerprint density at radius 3 is 2.84 bits per heavy atom. The second kappa shape index (κ2) is 5.50. The predicted molar refractivity (Wildman–Crippen MR) is 72.2 cm³/mol. The van der Waals surface area contributed by atoms with E-state index in [2.05, 4.69) is 10.3 Å². The molecular weight excluding hydrogens is 293 g/mol. The normalized spacial score (nSPS) is 10.5. The van der Waals surface area contributed by atoms with E-state index < -0.39 is 10.7 Å². The first-order chi connectivity index (χ1) is 8.97. The Kier molecular flexibility index (Phi) is 3.96. The van der Waals surface area contributed by atoms with Gasteiger partial charge in [0.15, 0.2) is 10.3 Å². The number of anilines is 1. The number of nitro groups is 1. The maximum Gasteiger partial charge on any atom is 0.272 e. The Morgan fingerprint density at radius 1 is 1.58 bits per heavy atom. The average Bonchev–Trinajstić information content (AvgIpc) is 2.73. The van der Waals surface area contributed by atoms with Crippen molar-refractivity contribution < 1.29 is 9.31 Å². The average molecular weight is 302 g/mol. The fourth-order valence-corrected chi connectivity index (χ4v) is 2.51. The smallest absolute Gasteiger partial charge is 0.272 e. The summed E-state index contributed by atoms with van der Waals surface area (Å²) in [5.74, 6) is -0.651. The molecule has 0 saturated carbocycles. The SMILES string of the molecule is Cc1cc([N+](=O)[O-])cc(F)c1NCc1cnc(Cl)s1. The largest absolute Gasteiger partial charge is 0.377 e. The van der Waals surface area contributed by atoms with Crippen molar-refractivity contribution in [3.63, 3.8) is 0 Å². The number of halogens is 2. The summed E-state index contributed by atoms with van der Waals surface area (Å²) < 4.78 is 14.2. The summed E-state index contributed by atoms with van der Waals surface area (Å²) in [6.07, 6.45) is 1.60. The molecule has 19 heavy (non-hydrogen) atoms. The van der Waals surface area contributed by atoms with Crippen LogP contribution in [0.4, 0.5) is 15.8 Å². The van der Waals surface area contributed by atoms with Crippen LogP contribution < -0.4 is 5.32 Å². The molecule has 2 rings (SSSR count). The molecule has 1 aromatic carbocycles. The third-order valence-corrected chi connectivity index (χ3v) is 3.56. The molecule has 0 spiro atoms. The van der Waals surface area contributed by atoms with Crippen LogP contribution in [0.15, 0.2) is 18.3 Å². The lowest BCUT2D eigenvalue weighted by molar-refractivity contribution is -0.385. The molecule has 0 amide bonds. The van der Waals surface area contributed by atoms with Gasteiger partial charge in [-0.3, -0.25) is 10.1 Å². The number of thiazole rings is 1. The number of benzene rings is 1. The zero-order chi connectivity index (χ0) is 14.0. The van der Waals surface area contributed by atoms with Crippen molar-refractivity contribution in [3.8, 4) is 0 Å². The molecule has 0 bridgehead atoms. The number of rotatable bonds is 4. The zero-order valence-electron chi connectivity index (χ0n) is 9.81. The zero-order valence-corrected chi connectivity index (χ0v) is 11.4. The highest BCUT2D eigenvalue weighted by Crippen LogP contribution is 2.26. The Morgan fingerprint density at radius 2 is 2.32 bits per heavy atom. The first-order valence-corrected chi connectivity index (χ1v) is 6.45. The fraction of sp³-hybridized carbons (Fsp3) is 0.182.